The first kappa shape index (κ1) is 9.47. The minimum absolute atomic E-state index is 0.0168. The maximum atomic E-state index is 12.8. The average molecular weight is 176 g/mol. The summed E-state index contributed by atoms with van der Waals surface area (Å²) in [6.07, 6.45) is 5.00. The van der Waals surface area contributed by atoms with Gasteiger partial charge in [-0.2, -0.15) is 0 Å². The number of hydrogen-bond acceptors (Lipinski definition) is 1. The lowest BCUT2D eigenvalue weighted by Crippen LogP contribution is -1.98. The van der Waals surface area contributed by atoms with Crippen LogP contribution >= 0.6 is 0 Å². The van der Waals surface area contributed by atoms with Crippen LogP contribution in [0.4, 0.5) is 4.39 Å². The van der Waals surface area contributed by atoms with Gasteiger partial charge in [-0.3, -0.25) is 4.79 Å². The lowest BCUT2D eigenvalue weighted by Gasteiger charge is -1.99. The number of hydrogen-bond donors (Lipinski definition) is 0. The summed E-state index contributed by atoms with van der Waals surface area (Å²) >= 11 is 0. The Labute approximate surface area is 76.6 Å². The Morgan fingerprint density at radius 2 is 2.23 bits per heavy atom. The number of ketones is 1. The Morgan fingerprint density at radius 3 is 2.77 bits per heavy atom. The van der Waals surface area contributed by atoms with E-state index in [0.717, 1.165) is 5.56 Å². The van der Waals surface area contributed by atoms with Gasteiger partial charge in [0.25, 0.3) is 0 Å². The summed E-state index contributed by atoms with van der Waals surface area (Å²) in [4.78, 5) is 11.2. The van der Waals surface area contributed by atoms with Crippen molar-refractivity contribution in [3.63, 3.8) is 0 Å². The van der Waals surface area contributed by atoms with E-state index in [4.69, 9.17) is 6.42 Å². The maximum Gasteiger partial charge on any atom is 0.174 e. The fourth-order valence-corrected chi connectivity index (χ4v) is 1.09. The molecule has 0 aromatic heterocycles. The zero-order valence-electron chi connectivity index (χ0n) is 7.30. The van der Waals surface area contributed by atoms with Crippen LogP contribution in [0.5, 0.6) is 0 Å². The topological polar surface area (TPSA) is 17.1 Å². The Hall–Kier alpha value is -1.62. The SMILES string of the molecule is C#CCC(=O)c1cc(C)cc(F)c1. The van der Waals surface area contributed by atoms with E-state index in [-0.39, 0.29) is 12.2 Å². The van der Waals surface area contributed by atoms with Gasteiger partial charge in [0.2, 0.25) is 0 Å². The Balaban J connectivity index is 3.02. The highest BCUT2D eigenvalue weighted by molar-refractivity contribution is 5.97. The predicted octanol–water partition coefficient (Wildman–Crippen LogP) is 2.34. The molecule has 0 aliphatic rings. The number of halogens is 1. The van der Waals surface area contributed by atoms with Gasteiger partial charge < -0.3 is 0 Å². The average Bonchev–Trinajstić information content (AvgIpc) is 2.03. The number of terminal acetylenes is 1. The van der Waals surface area contributed by atoms with E-state index in [1.165, 1.54) is 12.1 Å². The number of Topliss-reactive ketones (excluding diaryl/α,β-unsaturated/α-hetero) is 1. The molecule has 0 spiro atoms. The quantitative estimate of drug-likeness (QED) is 0.499. The number of rotatable bonds is 2. The van der Waals surface area contributed by atoms with Gasteiger partial charge in [-0.1, -0.05) is 5.92 Å². The highest BCUT2D eigenvalue weighted by Crippen LogP contribution is 2.09. The second-order valence-electron chi connectivity index (χ2n) is 2.82. The third-order valence-corrected chi connectivity index (χ3v) is 1.63. The van der Waals surface area contributed by atoms with Crippen LogP contribution in [0.2, 0.25) is 0 Å². The molecule has 0 N–H and O–H groups in total. The van der Waals surface area contributed by atoms with Crippen LogP contribution in [0.1, 0.15) is 22.3 Å². The van der Waals surface area contributed by atoms with E-state index in [9.17, 15) is 9.18 Å². The molecule has 0 aliphatic heterocycles. The summed E-state index contributed by atoms with van der Waals surface area (Å²) in [6.45, 7) is 1.73. The molecule has 0 atom stereocenters. The molecule has 1 rings (SSSR count). The third kappa shape index (κ3) is 2.41. The first-order valence-electron chi connectivity index (χ1n) is 3.87. The fourth-order valence-electron chi connectivity index (χ4n) is 1.09. The normalized spacial score (nSPS) is 9.31. The Kier molecular flexibility index (Phi) is 2.81. The Bertz CT molecular complexity index is 354. The van der Waals surface area contributed by atoms with Crippen LogP contribution in [0, 0.1) is 25.1 Å². The van der Waals surface area contributed by atoms with Gasteiger partial charge in [0.15, 0.2) is 5.78 Å². The molecule has 0 radical (unpaired) electrons. The van der Waals surface area contributed by atoms with Crippen LogP contribution in [0.25, 0.3) is 0 Å². The van der Waals surface area contributed by atoms with Crippen molar-refractivity contribution in [1.29, 1.82) is 0 Å². The van der Waals surface area contributed by atoms with Gasteiger partial charge in [-0.15, -0.1) is 6.42 Å². The van der Waals surface area contributed by atoms with Gasteiger partial charge >= 0.3 is 0 Å². The predicted molar refractivity (Wildman–Crippen MR) is 48.9 cm³/mol. The van der Waals surface area contributed by atoms with Crippen molar-refractivity contribution in [2.24, 2.45) is 0 Å². The van der Waals surface area contributed by atoms with Gasteiger partial charge in [-0.25, -0.2) is 4.39 Å². The highest BCUT2D eigenvalue weighted by Gasteiger charge is 2.05. The van der Waals surface area contributed by atoms with E-state index in [1.54, 1.807) is 13.0 Å². The number of aryl methyl sites for hydroxylation is 1. The van der Waals surface area contributed by atoms with Crippen molar-refractivity contribution in [2.45, 2.75) is 13.3 Å². The van der Waals surface area contributed by atoms with Crippen molar-refractivity contribution in [3.8, 4) is 12.3 Å². The van der Waals surface area contributed by atoms with Crippen LogP contribution in [-0.2, 0) is 0 Å². The van der Waals surface area contributed by atoms with Crippen molar-refractivity contribution >= 4 is 5.78 Å². The van der Waals surface area contributed by atoms with Crippen LogP contribution in [0.3, 0.4) is 0 Å². The molecule has 0 amide bonds. The van der Waals surface area contributed by atoms with Gasteiger partial charge in [0, 0.05) is 5.56 Å². The van der Waals surface area contributed by atoms with Crippen molar-refractivity contribution < 1.29 is 9.18 Å². The number of carbonyl (C=O) groups is 1. The lowest BCUT2D eigenvalue weighted by atomic mass is 10.1. The molecule has 0 bridgehead atoms. The molecule has 13 heavy (non-hydrogen) atoms. The largest absolute Gasteiger partial charge is 0.293 e. The summed E-state index contributed by atoms with van der Waals surface area (Å²) in [6, 6.07) is 4.20. The minimum Gasteiger partial charge on any atom is -0.293 e. The van der Waals surface area contributed by atoms with E-state index >= 15 is 0 Å². The smallest absolute Gasteiger partial charge is 0.174 e. The first-order chi connectivity index (χ1) is 6.13. The van der Waals surface area contributed by atoms with E-state index in [2.05, 4.69) is 5.92 Å². The monoisotopic (exact) mass is 176 g/mol. The molecule has 0 unspecified atom stereocenters. The van der Waals surface area contributed by atoms with Crippen LogP contribution < -0.4 is 0 Å². The lowest BCUT2D eigenvalue weighted by molar-refractivity contribution is 0.0997. The molecule has 1 aromatic carbocycles. The summed E-state index contributed by atoms with van der Waals surface area (Å²) in [5.41, 5.74) is 1.07. The molecular formula is C11H9FO. The molecule has 0 fully saturated rings. The zero-order valence-corrected chi connectivity index (χ0v) is 7.30. The van der Waals surface area contributed by atoms with Crippen molar-refractivity contribution in [3.05, 3.63) is 35.1 Å². The highest BCUT2D eigenvalue weighted by atomic mass is 19.1. The number of benzene rings is 1. The number of carbonyl (C=O) groups excluding carboxylic acids is 1. The molecule has 0 aliphatic carbocycles. The van der Waals surface area contributed by atoms with Gasteiger partial charge in [-0.05, 0) is 30.7 Å². The van der Waals surface area contributed by atoms with E-state index < -0.39 is 5.82 Å². The van der Waals surface area contributed by atoms with Gasteiger partial charge in [0.05, 0.1) is 6.42 Å². The van der Waals surface area contributed by atoms with Crippen LogP contribution in [-0.4, -0.2) is 5.78 Å². The molecule has 66 valence electrons. The zero-order chi connectivity index (χ0) is 9.84. The molecule has 1 aromatic rings. The summed E-state index contributed by atoms with van der Waals surface area (Å²) in [7, 11) is 0. The minimum atomic E-state index is -0.402. The van der Waals surface area contributed by atoms with Gasteiger partial charge in [0.1, 0.15) is 5.82 Å². The van der Waals surface area contributed by atoms with E-state index in [0.29, 0.717) is 5.56 Å². The fraction of sp³-hybridized carbons (Fsp3) is 0.182. The molecule has 0 saturated heterocycles. The third-order valence-electron chi connectivity index (χ3n) is 1.63. The van der Waals surface area contributed by atoms with Crippen molar-refractivity contribution in [1.82, 2.24) is 0 Å². The van der Waals surface area contributed by atoms with Crippen molar-refractivity contribution in [2.75, 3.05) is 0 Å². The van der Waals surface area contributed by atoms with Crippen LogP contribution in [0.15, 0.2) is 18.2 Å². The second-order valence-corrected chi connectivity index (χ2v) is 2.82. The molecular weight excluding hydrogens is 167 g/mol. The summed E-state index contributed by atoms with van der Waals surface area (Å²) in [5, 5.41) is 0. The standard InChI is InChI=1S/C11H9FO/c1-3-4-11(13)9-5-8(2)6-10(12)7-9/h1,5-7H,4H2,2H3. The molecule has 0 saturated carbocycles. The Morgan fingerprint density at radius 1 is 1.54 bits per heavy atom. The molecule has 2 heteroatoms. The molecule has 0 heterocycles. The maximum absolute atomic E-state index is 12.8. The van der Waals surface area contributed by atoms with E-state index in [1.807, 2.05) is 0 Å². The molecule has 1 nitrogen and oxygen atoms in total. The second kappa shape index (κ2) is 3.86. The summed E-state index contributed by atoms with van der Waals surface area (Å²) < 4.78 is 12.8. The summed E-state index contributed by atoms with van der Waals surface area (Å²) in [5.74, 6) is 1.61. The first-order valence-corrected chi connectivity index (χ1v) is 3.87.